The Balaban J connectivity index is 2.32. The predicted molar refractivity (Wildman–Crippen MR) is 131 cm³/mol. The van der Waals surface area contributed by atoms with Crippen LogP contribution in [0.4, 0.5) is 0 Å². The molecule has 0 spiro atoms. The first-order valence-corrected chi connectivity index (χ1v) is 13.7. The molecule has 7 nitrogen and oxygen atoms in total. The summed E-state index contributed by atoms with van der Waals surface area (Å²) in [5.41, 5.74) is 1.17. The minimum absolute atomic E-state index is 0.205. The summed E-state index contributed by atoms with van der Waals surface area (Å²) in [6.07, 6.45) is 0.956. The summed E-state index contributed by atoms with van der Waals surface area (Å²) in [4.78, 5) is 26.1. The number of hydrogen-bond acceptors (Lipinski definition) is 6. The molecule has 8 heteroatoms. The fraction of sp³-hybridized carbons (Fsp3) is 0.500. The Morgan fingerprint density at radius 2 is 1.94 bits per heavy atom. The number of nitriles is 1. The van der Waals surface area contributed by atoms with E-state index in [0.717, 1.165) is 5.56 Å². The average Bonchev–Trinajstić information content (AvgIpc) is 2.72. The Kier molecular flexibility index (Phi) is 7.11. The molecule has 0 amide bonds. The molecule has 34 heavy (non-hydrogen) atoms. The van der Waals surface area contributed by atoms with Gasteiger partial charge in [-0.3, -0.25) is 9.59 Å². The highest BCUT2D eigenvalue weighted by Crippen LogP contribution is 2.43. The Morgan fingerprint density at radius 3 is 2.50 bits per heavy atom. The molecule has 0 N–H and O–H groups in total. The third-order valence-electron chi connectivity index (χ3n) is 5.93. The third-order valence-corrected chi connectivity index (χ3v) is 6.65. The van der Waals surface area contributed by atoms with Crippen LogP contribution in [-0.2, 0) is 26.0 Å². The smallest absolute Gasteiger partial charge is 0.303 e. The van der Waals surface area contributed by atoms with Gasteiger partial charge in [0.05, 0.1) is 18.2 Å². The van der Waals surface area contributed by atoms with Crippen LogP contribution in [0.2, 0.25) is 13.1 Å². The van der Waals surface area contributed by atoms with Crippen LogP contribution < -0.4 is 10.3 Å². The molecule has 181 valence electrons. The lowest BCUT2D eigenvalue weighted by Crippen LogP contribution is -2.54. The lowest BCUT2D eigenvalue weighted by Gasteiger charge is -2.44. The zero-order valence-corrected chi connectivity index (χ0v) is 22.2. The second-order valence-corrected chi connectivity index (χ2v) is 12.5. The lowest BCUT2D eigenvalue weighted by molar-refractivity contribution is -0.163. The third kappa shape index (κ3) is 5.11. The molecule has 1 aromatic carbocycles. The quantitative estimate of drug-likeness (QED) is 0.462. The minimum Gasteiger partial charge on any atom is -0.484 e. The lowest BCUT2D eigenvalue weighted by atomic mass is 9.83. The number of nitrogens with zero attached hydrogens (tertiary/aromatic N) is 2. The molecular weight excluding hydrogens is 448 g/mol. The van der Waals surface area contributed by atoms with E-state index in [0.29, 0.717) is 22.4 Å². The maximum atomic E-state index is 14.0. The summed E-state index contributed by atoms with van der Waals surface area (Å²) >= 11 is 0. The number of carbonyl (C=O) groups excluding carboxylic acids is 1. The molecule has 2 atom stereocenters. The number of rotatable bonds is 5. The van der Waals surface area contributed by atoms with E-state index in [4.69, 9.17) is 13.9 Å². The van der Waals surface area contributed by atoms with Crippen LogP contribution in [0, 0.1) is 11.3 Å². The number of pyridine rings is 1. The SMILES string of the molecule is CC(=O)O[C@@H]1[C@@H](n2ccc(C(C)(C)C)c(CO[Si](C)C)c2=O)c2cc(C#N)ccc2OC1(C)C. The van der Waals surface area contributed by atoms with Crippen molar-refractivity contribution < 1.29 is 18.7 Å². The van der Waals surface area contributed by atoms with E-state index < -0.39 is 32.8 Å². The van der Waals surface area contributed by atoms with Crippen LogP contribution in [0.3, 0.4) is 0 Å². The molecule has 0 aliphatic carbocycles. The number of benzene rings is 1. The molecule has 2 heterocycles. The predicted octanol–water partition coefficient (Wildman–Crippen LogP) is 4.48. The highest BCUT2D eigenvalue weighted by Gasteiger charge is 2.48. The first kappa shape index (κ1) is 25.7. The Morgan fingerprint density at radius 1 is 1.26 bits per heavy atom. The molecular formula is C26H33N2O5Si. The van der Waals surface area contributed by atoms with Crippen molar-refractivity contribution in [2.75, 3.05) is 0 Å². The molecule has 1 aliphatic heterocycles. The van der Waals surface area contributed by atoms with E-state index in [2.05, 4.69) is 26.8 Å². The number of fused-ring (bicyclic) bond motifs is 1. The molecule has 0 fully saturated rings. The summed E-state index contributed by atoms with van der Waals surface area (Å²) in [5.74, 6) is 0.0771. The van der Waals surface area contributed by atoms with E-state index in [-0.39, 0.29) is 17.6 Å². The summed E-state index contributed by atoms with van der Waals surface area (Å²) in [6.45, 7) is 15.5. The molecule has 0 bridgehead atoms. The van der Waals surface area contributed by atoms with Crippen molar-refractivity contribution in [3.63, 3.8) is 0 Å². The molecule has 0 saturated heterocycles. The number of aromatic nitrogens is 1. The normalized spacial score (nSPS) is 19.2. The van der Waals surface area contributed by atoms with E-state index in [1.54, 1.807) is 29.0 Å². The van der Waals surface area contributed by atoms with E-state index >= 15 is 0 Å². The van der Waals surface area contributed by atoms with Crippen LogP contribution >= 0.6 is 0 Å². The maximum absolute atomic E-state index is 14.0. The second-order valence-electron chi connectivity index (χ2n) is 10.4. The first-order chi connectivity index (χ1) is 15.8. The van der Waals surface area contributed by atoms with Crippen molar-refractivity contribution in [2.45, 2.75) is 84.4 Å². The highest BCUT2D eigenvalue weighted by molar-refractivity contribution is 6.48. The molecule has 0 saturated carbocycles. The summed E-state index contributed by atoms with van der Waals surface area (Å²) in [7, 11) is -1.02. The van der Waals surface area contributed by atoms with Gasteiger partial charge in [-0.1, -0.05) is 20.8 Å². The van der Waals surface area contributed by atoms with E-state index in [9.17, 15) is 14.9 Å². The van der Waals surface area contributed by atoms with Crippen molar-refractivity contribution in [1.82, 2.24) is 4.57 Å². The first-order valence-electron chi connectivity index (χ1n) is 11.3. The molecule has 1 radical (unpaired) electrons. The summed E-state index contributed by atoms with van der Waals surface area (Å²) in [6, 6.07) is 8.52. The average molecular weight is 482 g/mol. The second kappa shape index (κ2) is 9.39. The zero-order valence-electron chi connectivity index (χ0n) is 21.2. The number of hydrogen-bond donors (Lipinski definition) is 0. The molecule has 1 aromatic heterocycles. The van der Waals surface area contributed by atoms with Gasteiger partial charge in [0.25, 0.3) is 5.56 Å². The van der Waals surface area contributed by atoms with Gasteiger partial charge in [0.15, 0.2) is 6.10 Å². The van der Waals surface area contributed by atoms with Crippen molar-refractivity contribution in [2.24, 2.45) is 0 Å². The monoisotopic (exact) mass is 481 g/mol. The Labute approximate surface area is 203 Å². The Hall–Kier alpha value is -2.89. The zero-order chi connectivity index (χ0) is 25.4. The van der Waals surface area contributed by atoms with Crippen molar-refractivity contribution >= 4 is 15.0 Å². The Bertz CT molecular complexity index is 1190. The van der Waals surface area contributed by atoms with Crippen molar-refractivity contribution in [3.05, 3.63) is 63.1 Å². The molecule has 2 aromatic rings. The van der Waals surface area contributed by atoms with Crippen LogP contribution in [0.15, 0.2) is 35.3 Å². The summed E-state index contributed by atoms with van der Waals surface area (Å²) in [5, 5.41) is 9.50. The number of ether oxygens (including phenoxy) is 2. The fourth-order valence-corrected chi connectivity index (χ4v) is 4.81. The molecule has 0 unspecified atom stereocenters. The van der Waals surface area contributed by atoms with Crippen molar-refractivity contribution in [3.8, 4) is 11.8 Å². The van der Waals surface area contributed by atoms with Crippen molar-refractivity contribution in [1.29, 1.82) is 5.26 Å². The van der Waals surface area contributed by atoms with Crippen LogP contribution in [0.25, 0.3) is 0 Å². The maximum Gasteiger partial charge on any atom is 0.303 e. The fourth-order valence-electron chi connectivity index (χ4n) is 4.38. The summed E-state index contributed by atoms with van der Waals surface area (Å²) < 4.78 is 19.5. The van der Waals surface area contributed by atoms with Gasteiger partial charge < -0.3 is 18.5 Å². The standard InChI is InChI=1S/C26H33N2O5Si/c1-16(29)32-23-22(18-13-17(14-27)9-10-21(18)33-26(23,5)6)28-12-11-20(25(2,3)4)19(24(28)30)15-31-34(7)8/h9-13,22-23H,15H2,1-8H3/t22-,23+/m0/s1. The van der Waals surface area contributed by atoms with Crippen LogP contribution in [-0.4, -0.2) is 31.3 Å². The topological polar surface area (TPSA) is 90.5 Å². The largest absolute Gasteiger partial charge is 0.484 e. The van der Waals surface area contributed by atoms with Gasteiger partial charge in [-0.25, -0.2) is 0 Å². The highest BCUT2D eigenvalue weighted by atomic mass is 28.3. The van der Waals surface area contributed by atoms with Gasteiger partial charge in [0.1, 0.15) is 17.4 Å². The van der Waals surface area contributed by atoms with Gasteiger partial charge in [-0.15, -0.1) is 0 Å². The molecule has 3 rings (SSSR count). The van der Waals surface area contributed by atoms with E-state index in [1.165, 1.54) is 6.92 Å². The van der Waals surface area contributed by atoms with Gasteiger partial charge in [0.2, 0.25) is 9.04 Å². The van der Waals surface area contributed by atoms with E-state index in [1.807, 2.05) is 33.0 Å². The van der Waals surface area contributed by atoms with Crippen LogP contribution in [0.1, 0.15) is 69.8 Å². The minimum atomic E-state index is -1.02. The van der Waals surface area contributed by atoms with Gasteiger partial charge in [0, 0.05) is 24.2 Å². The van der Waals surface area contributed by atoms with Gasteiger partial charge >= 0.3 is 5.97 Å². The molecule has 1 aliphatic rings. The van der Waals surface area contributed by atoms with Crippen LogP contribution in [0.5, 0.6) is 5.75 Å². The number of carbonyl (C=O) groups is 1. The number of esters is 1. The van der Waals surface area contributed by atoms with Gasteiger partial charge in [-0.05, 0) is 62.2 Å². The van der Waals surface area contributed by atoms with Gasteiger partial charge in [-0.2, -0.15) is 5.26 Å².